The standard InChI is InChI=1S/C22H25F3N8O/c1-13-16-8-26-20(29-19(16)33(30-13)15-9-34-10-15)32-6-4-21(12-32)3-5-31(11-21)18-7-17(22(23,24)25)27-14(2)28-18/h7-8,15H,3-6,9-12H2,1-2H3. The first kappa shape index (κ1) is 21.5. The Labute approximate surface area is 194 Å². The number of anilines is 2. The zero-order chi connectivity index (χ0) is 23.7. The quantitative estimate of drug-likeness (QED) is 0.573. The van der Waals surface area contributed by atoms with Crippen LogP contribution in [0.1, 0.15) is 36.1 Å². The third kappa shape index (κ3) is 3.55. The molecule has 3 aromatic rings. The van der Waals surface area contributed by atoms with Crippen molar-refractivity contribution in [3.8, 4) is 0 Å². The molecule has 0 radical (unpaired) electrons. The molecule has 6 rings (SSSR count). The molecule has 3 aromatic heterocycles. The minimum Gasteiger partial charge on any atom is -0.377 e. The molecule has 0 saturated carbocycles. The van der Waals surface area contributed by atoms with Gasteiger partial charge in [-0.3, -0.25) is 0 Å². The van der Waals surface area contributed by atoms with Crippen LogP contribution < -0.4 is 9.80 Å². The van der Waals surface area contributed by atoms with E-state index in [2.05, 4.69) is 25.0 Å². The summed E-state index contributed by atoms with van der Waals surface area (Å²) in [7, 11) is 0. The van der Waals surface area contributed by atoms with Crippen molar-refractivity contribution in [2.75, 3.05) is 49.2 Å². The van der Waals surface area contributed by atoms with E-state index in [0.717, 1.165) is 48.7 Å². The largest absolute Gasteiger partial charge is 0.433 e. The van der Waals surface area contributed by atoms with Gasteiger partial charge in [0.25, 0.3) is 0 Å². The van der Waals surface area contributed by atoms with Gasteiger partial charge < -0.3 is 14.5 Å². The van der Waals surface area contributed by atoms with Gasteiger partial charge in [0, 0.05) is 43.9 Å². The topological polar surface area (TPSA) is 85.1 Å². The first-order chi connectivity index (χ1) is 16.2. The molecule has 9 nitrogen and oxygen atoms in total. The third-order valence-electron chi connectivity index (χ3n) is 7.19. The van der Waals surface area contributed by atoms with Crippen LogP contribution in [0.3, 0.4) is 0 Å². The SMILES string of the molecule is Cc1nc(N2CCC3(CCN(c4ncc5c(C)nn(C6COC6)c5n4)C3)C2)cc(C(F)(F)F)n1. The van der Waals surface area contributed by atoms with Crippen molar-refractivity contribution >= 4 is 22.8 Å². The maximum atomic E-state index is 13.2. The number of hydrogen-bond acceptors (Lipinski definition) is 8. The summed E-state index contributed by atoms with van der Waals surface area (Å²) in [5, 5.41) is 5.58. The zero-order valence-corrected chi connectivity index (χ0v) is 19.0. The van der Waals surface area contributed by atoms with Crippen LogP contribution in [0.15, 0.2) is 12.3 Å². The average molecular weight is 474 g/mol. The van der Waals surface area contributed by atoms with E-state index < -0.39 is 11.9 Å². The van der Waals surface area contributed by atoms with Crippen LogP contribution in [0.25, 0.3) is 11.0 Å². The van der Waals surface area contributed by atoms with E-state index in [-0.39, 0.29) is 17.3 Å². The van der Waals surface area contributed by atoms with E-state index in [1.54, 1.807) is 0 Å². The van der Waals surface area contributed by atoms with Crippen LogP contribution in [0.2, 0.25) is 0 Å². The Bertz CT molecular complexity index is 1260. The Kier molecular flexibility index (Phi) is 4.74. The minimum absolute atomic E-state index is 0.0342. The summed E-state index contributed by atoms with van der Waals surface area (Å²) in [6.07, 6.45) is -0.844. The number of rotatable bonds is 3. The van der Waals surface area contributed by atoms with Crippen molar-refractivity contribution in [2.45, 2.75) is 38.9 Å². The highest BCUT2D eigenvalue weighted by molar-refractivity contribution is 5.78. The normalized spacial score (nSPS) is 23.4. The van der Waals surface area contributed by atoms with E-state index in [1.807, 2.05) is 22.7 Å². The van der Waals surface area contributed by atoms with Crippen LogP contribution in [-0.2, 0) is 10.9 Å². The fraction of sp³-hybridized carbons (Fsp3) is 0.591. The molecule has 12 heteroatoms. The smallest absolute Gasteiger partial charge is 0.377 e. The molecule has 0 aliphatic carbocycles. The summed E-state index contributed by atoms with van der Waals surface area (Å²) in [6.45, 7) is 7.59. The summed E-state index contributed by atoms with van der Waals surface area (Å²) in [4.78, 5) is 21.5. The molecular weight excluding hydrogens is 449 g/mol. The van der Waals surface area contributed by atoms with E-state index in [4.69, 9.17) is 9.72 Å². The molecule has 180 valence electrons. The predicted octanol–water partition coefficient (Wildman–Crippen LogP) is 2.93. The van der Waals surface area contributed by atoms with Crippen LogP contribution in [-0.4, -0.2) is 69.1 Å². The molecule has 0 aromatic carbocycles. The van der Waals surface area contributed by atoms with Gasteiger partial charge in [-0.15, -0.1) is 0 Å². The number of aromatic nitrogens is 6. The van der Waals surface area contributed by atoms with E-state index >= 15 is 0 Å². The Balaban J connectivity index is 1.22. The molecule has 3 aliphatic heterocycles. The van der Waals surface area contributed by atoms with Crippen LogP contribution in [0.5, 0.6) is 0 Å². The second kappa shape index (κ2) is 7.49. The lowest BCUT2D eigenvalue weighted by Crippen LogP contribution is -2.32. The van der Waals surface area contributed by atoms with Crippen molar-refractivity contribution in [3.05, 3.63) is 29.5 Å². The van der Waals surface area contributed by atoms with Gasteiger partial charge in [0.15, 0.2) is 5.65 Å². The maximum Gasteiger partial charge on any atom is 0.433 e. The van der Waals surface area contributed by atoms with Gasteiger partial charge in [0.05, 0.1) is 24.3 Å². The van der Waals surface area contributed by atoms with Crippen molar-refractivity contribution < 1.29 is 17.9 Å². The van der Waals surface area contributed by atoms with Gasteiger partial charge in [-0.1, -0.05) is 0 Å². The fourth-order valence-corrected chi connectivity index (χ4v) is 5.26. The van der Waals surface area contributed by atoms with Crippen LogP contribution in [0, 0.1) is 19.3 Å². The van der Waals surface area contributed by atoms with Gasteiger partial charge in [0.1, 0.15) is 23.4 Å². The first-order valence-electron chi connectivity index (χ1n) is 11.4. The van der Waals surface area contributed by atoms with Crippen molar-refractivity contribution in [1.29, 1.82) is 0 Å². The fourth-order valence-electron chi connectivity index (χ4n) is 5.26. The molecule has 3 aliphatic rings. The Hall–Kier alpha value is -3.02. The number of fused-ring (bicyclic) bond motifs is 1. The van der Waals surface area contributed by atoms with Crippen molar-refractivity contribution in [1.82, 2.24) is 29.7 Å². The van der Waals surface area contributed by atoms with Crippen molar-refractivity contribution in [2.24, 2.45) is 5.41 Å². The van der Waals surface area contributed by atoms with Crippen LogP contribution >= 0.6 is 0 Å². The minimum atomic E-state index is -4.49. The first-order valence-corrected chi connectivity index (χ1v) is 11.4. The van der Waals surface area contributed by atoms with Gasteiger partial charge in [-0.05, 0) is 26.7 Å². The second-order valence-corrected chi connectivity index (χ2v) is 9.63. The molecule has 3 saturated heterocycles. The van der Waals surface area contributed by atoms with E-state index in [9.17, 15) is 13.2 Å². The Morgan fingerprint density at radius 2 is 1.76 bits per heavy atom. The molecule has 1 unspecified atom stereocenters. The van der Waals surface area contributed by atoms with Crippen molar-refractivity contribution in [3.63, 3.8) is 0 Å². The number of alkyl halides is 3. The highest BCUT2D eigenvalue weighted by Gasteiger charge is 2.45. The van der Waals surface area contributed by atoms with Gasteiger partial charge in [0.2, 0.25) is 5.95 Å². The van der Waals surface area contributed by atoms with Gasteiger partial charge in [-0.2, -0.15) is 23.3 Å². The predicted molar refractivity (Wildman–Crippen MR) is 118 cm³/mol. The number of ether oxygens (including phenoxy) is 1. The second-order valence-electron chi connectivity index (χ2n) is 9.63. The summed E-state index contributed by atoms with van der Waals surface area (Å²) in [5.41, 5.74) is 0.791. The molecule has 1 spiro atoms. The number of halogens is 3. The average Bonchev–Trinajstić information content (AvgIpc) is 3.45. The molecule has 1 atom stereocenters. The molecule has 3 fully saturated rings. The summed E-state index contributed by atoms with van der Waals surface area (Å²) >= 11 is 0. The lowest BCUT2D eigenvalue weighted by atomic mass is 9.86. The summed E-state index contributed by atoms with van der Waals surface area (Å²) in [5.74, 6) is 1.14. The molecule has 6 heterocycles. The molecule has 0 N–H and O–H groups in total. The van der Waals surface area contributed by atoms with E-state index in [1.165, 1.54) is 6.92 Å². The molecule has 0 bridgehead atoms. The lowest BCUT2D eigenvalue weighted by Gasteiger charge is -2.27. The number of nitrogens with zero attached hydrogens (tertiary/aromatic N) is 8. The van der Waals surface area contributed by atoms with Gasteiger partial charge in [-0.25, -0.2) is 19.6 Å². The lowest BCUT2D eigenvalue weighted by molar-refractivity contribution is -0.141. The monoisotopic (exact) mass is 474 g/mol. The summed E-state index contributed by atoms with van der Waals surface area (Å²) in [6, 6.07) is 1.26. The maximum absolute atomic E-state index is 13.2. The van der Waals surface area contributed by atoms with Gasteiger partial charge >= 0.3 is 6.18 Å². The molecular formula is C22H25F3N8O. The molecule has 34 heavy (non-hydrogen) atoms. The van der Waals surface area contributed by atoms with E-state index in [0.29, 0.717) is 38.1 Å². The highest BCUT2D eigenvalue weighted by atomic mass is 19.4. The summed E-state index contributed by atoms with van der Waals surface area (Å²) < 4.78 is 47.0. The number of hydrogen-bond donors (Lipinski definition) is 0. The van der Waals surface area contributed by atoms with Crippen LogP contribution in [0.4, 0.5) is 24.9 Å². The number of aryl methyl sites for hydroxylation is 2. The third-order valence-corrected chi connectivity index (χ3v) is 7.19. The Morgan fingerprint density at radius 3 is 2.47 bits per heavy atom. The highest BCUT2D eigenvalue weighted by Crippen LogP contribution is 2.42. The zero-order valence-electron chi connectivity index (χ0n) is 19.0. The molecule has 0 amide bonds. The Morgan fingerprint density at radius 1 is 1.03 bits per heavy atom.